The number of rotatable bonds is 6. The lowest BCUT2D eigenvalue weighted by atomic mass is 10.0. The zero-order valence-electron chi connectivity index (χ0n) is 17.0. The number of pyridine rings is 1. The third-order valence-electron chi connectivity index (χ3n) is 4.40. The molecule has 1 N–H and O–H groups in total. The Balaban J connectivity index is 2.12. The topological polar surface area (TPSA) is 77.5 Å². The van der Waals surface area contributed by atoms with Crippen molar-refractivity contribution in [3.63, 3.8) is 0 Å². The number of hydrogen-bond acceptors (Lipinski definition) is 6. The van der Waals surface area contributed by atoms with Crippen molar-refractivity contribution in [2.45, 2.75) is 6.92 Å². The molecule has 6 nitrogen and oxygen atoms in total. The average Bonchev–Trinajstić information content (AvgIpc) is 2.78. The van der Waals surface area contributed by atoms with Gasteiger partial charge in [0.2, 0.25) is 0 Å². The lowest BCUT2D eigenvalue weighted by Gasteiger charge is -2.13. The fraction of sp³-hybridized carbons (Fsp3) is 0.125. The van der Waals surface area contributed by atoms with Crippen molar-refractivity contribution in [3.05, 3.63) is 88.6 Å². The van der Waals surface area contributed by atoms with Crippen LogP contribution in [0.3, 0.4) is 0 Å². The first-order valence-corrected chi connectivity index (χ1v) is 9.30. The molecule has 0 atom stereocenters. The Morgan fingerprint density at radius 1 is 0.900 bits per heavy atom. The monoisotopic (exact) mass is 402 g/mol. The van der Waals surface area contributed by atoms with Crippen LogP contribution in [-0.4, -0.2) is 31.1 Å². The molecule has 0 saturated heterocycles. The van der Waals surface area contributed by atoms with Crippen LogP contribution in [0.4, 0.5) is 11.5 Å². The normalized spacial score (nSPS) is 10.6. The number of esters is 2. The first kappa shape index (κ1) is 20.8. The number of aryl methyl sites for hydroxylation is 1. The van der Waals surface area contributed by atoms with Gasteiger partial charge in [-0.2, -0.15) is 0 Å². The summed E-state index contributed by atoms with van der Waals surface area (Å²) in [5, 5.41) is 3.15. The van der Waals surface area contributed by atoms with Crippen molar-refractivity contribution in [2.24, 2.45) is 0 Å². The average molecular weight is 402 g/mol. The summed E-state index contributed by atoms with van der Waals surface area (Å²) in [7, 11) is 2.52. The predicted octanol–water partition coefficient (Wildman–Crippen LogP) is 4.88. The molecule has 0 saturated carbocycles. The number of carbonyl (C=O) groups is 2. The molecule has 152 valence electrons. The Labute approximate surface area is 175 Å². The Bertz CT molecular complexity index is 1070. The van der Waals surface area contributed by atoms with Crippen LogP contribution in [0.2, 0.25) is 0 Å². The summed E-state index contributed by atoms with van der Waals surface area (Å²) in [5.74, 6) is -0.922. The minimum atomic E-state index is -0.669. The Hall–Kier alpha value is -3.93. The van der Waals surface area contributed by atoms with Crippen LogP contribution in [0.15, 0.2) is 60.7 Å². The van der Waals surface area contributed by atoms with Crippen molar-refractivity contribution in [2.75, 3.05) is 19.5 Å². The van der Waals surface area contributed by atoms with E-state index in [0.717, 1.165) is 16.8 Å². The van der Waals surface area contributed by atoms with Crippen LogP contribution in [0.5, 0.6) is 0 Å². The first-order chi connectivity index (χ1) is 14.5. The maximum atomic E-state index is 12.5. The van der Waals surface area contributed by atoms with Gasteiger partial charge in [-0.1, -0.05) is 54.1 Å². The van der Waals surface area contributed by atoms with E-state index in [1.165, 1.54) is 20.3 Å². The molecule has 0 fully saturated rings. The number of hydrogen-bond donors (Lipinski definition) is 1. The number of nitrogens with zero attached hydrogens (tertiary/aromatic N) is 1. The van der Waals surface area contributed by atoms with Crippen LogP contribution in [-0.2, 0) is 9.47 Å². The molecule has 0 radical (unpaired) electrons. The van der Waals surface area contributed by atoms with E-state index in [2.05, 4.69) is 10.3 Å². The molecule has 1 heterocycles. The van der Waals surface area contributed by atoms with Gasteiger partial charge < -0.3 is 14.8 Å². The minimum Gasteiger partial charge on any atom is -0.465 e. The summed E-state index contributed by atoms with van der Waals surface area (Å²) >= 11 is 0. The number of carbonyl (C=O) groups excluding carboxylic acids is 2. The van der Waals surface area contributed by atoms with Gasteiger partial charge >= 0.3 is 11.9 Å². The fourth-order valence-corrected chi connectivity index (χ4v) is 2.86. The van der Waals surface area contributed by atoms with E-state index in [-0.39, 0.29) is 11.1 Å². The number of ether oxygens (including phenoxy) is 2. The summed E-state index contributed by atoms with van der Waals surface area (Å²) < 4.78 is 9.78. The molecule has 0 spiro atoms. The van der Waals surface area contributed by atoms with Crippen LogP contribution in [0, 0.1) is 6.92 Å². The fourth-order valence-electron chi connectivity index (χ4n) is 2.86. The van der Waals surface area contributed by atoms with Crippen molar-refractivity contribution in [1.29, 1.82) is 0 Å². The third kappa shape index (κ3) is 4.91. The van der Waals surface area contributed by atoms with Gasteiger partial charge in [0.1, 0.15) is 5.82 Å². The quantitative estimate of drug-likeness (QED) is 0.592. The Morgan fingerprint density at radius 2 is 1.57 bits per heavy atom. The van der Waals surface area contributed by atoms with Crippen molar-refractivity contribution in [3.8, 4) is 0 Å². The van der Waals surface area contributed by atoms with E-state index in [1.807, 2.05) is 67.6 Å². The number of aromatic nitrogens is 1. The van der Waals surface area contributed by atoms with Crippen LogP contribution < -0.4 is 5.32 Å². The lowest BCUT2D eigenvalue weighted by Crippen LogP contribution is -2.15. The minimum absolute atomic E-state index is 0.0475. The summed E-state index contributed by atoms with van der Waals surface area (Å²) in [6, 6.07) is 18.8. The van der Waals surface area contributed by atoms with E-state index in [4.69, 9.17) is 9.47 Å². The molecule has 3 rings (SSSR count). The Morgan fingerprint density at radius 3 is 2.20 bits per heavy atom. The molecular formula is C24H22N2O4. The molecule has 0 amide bonds. The summed E-state index contributed by atoms with van der Waals surface area (Å²) in [5.41, 5.74) is 3.28. The van der Waals surface area contributed by atoms with Gasteiger partial charge in [0.05, 0.1) is 31.0 Å². The van der Waals surface area contributed by atoms with Crippen LogP contribution in [0.25, 0.3) is 12.2 Å². The van der Waals surface area contributed by atoms with E-state index in [0.29, 0.717) is 11.5 Å². The van der Waals surface area contributed by atoms with Gasteiger partial charge in [-0.3, -0.25) is 0 Å². The van der Waals surface area contributed by atoms with E-state index in [1.54, 1.807) is 6.08 Å². The Kier molecular flexibility index (Phi) is 6.60. The van der Waals surface area contributed by atoms with Gasteiger partial charge in [-0.25, -0.2) is 14.6 Å². The summed E-state index contributed by atoms with van der Waals surface area (Å²) in [6.07, 6.45) is 3.50. The molecule has 2 aromatic carbocycles. The second kappa shape index (κ2) is 9.52. The molecule has 0 bridgehead atoms. The number of benzene rings is 2. The van der Waals surface area contributed by atoms with Gasteiger partial charge in [0, 0.05) is 5.69 Å². The second-order valence-electron chi connectivity index (χ2n) is 6.53. The highest BCUT2D eigenvalue weighted by Gasteiger charge is 2.24. The van der Waals surface area contributed by atoms with Gasteiger partial charge in [-0.05, 0) is 36.8 Å². The largest absolute Gasteiger partial charge is 0.465 e. The number of methoxy groups -OCH3 is 2. The molecular weight excluding hydrogens is 380 g/mol. The van der Waals surface area contributed by atoms with Gasteiger partial charge in [0.15, 0.2) is 0 Å². The highest BCUT2D eigenvalue weighted by molar-refractivity contribution is 6.06. The number of anilines is 2. The molecule has 6 heteroatoms. The molecule has 30 heavy (non-hydrogen) atoms. The lowest BCUT2D eigenvalue weighted by molar-refractivity contribution is 0.0554. The van der Waals surface area contributed by atoms with Crippen molar-refractivity contribution < 1.29 is 19.1 Å². The van der Waals surface area contributed by atoms with Crippen molar-refractivity contribution >= 4 is 35.6 Å². The zero-order valence-corrected chi connectivity index (χ0v) is 17.0. The molecule has 3 aromatic rings. The zero-order chi connectivity index (χ0) is 21.5. The smallest absolute Gasteiger partial charge is 0.340 e. The molecule has 1 aromatic heterocycles. The standard InChI is InChI=1S/C24H22N2O4/c1-16-9-11-17(12-10-16)13-14-20-22(24(28)30-3)19(23(27)29-2)15-21(26-20)25-18-7-5-4-6-8-18/h4-15H,1-3H3,(H,25,26)/b14-13+. The van der Waals surface area contributed by atoms with Crippen LogP contribution in [0.1, 0.15) is 37.5 Å². The van der Waals surface area contributed by atoms with Gasteiger partial charge in [0.25, 0.3) is 0 Å². The molecule has 0 aliphatic rings. The SMILES string of the molecule is COC(=O)c1cc(Nc2ccccc2)nc(/C=C/c2ccc(C)cc2)c1C(=O)OC. The highest BCUT2D eigenvalue weighted by Crippen LogP contribution is 2.24. The van der Waals surface area contributed by atoms with E-state index < -0.39 is 11.9 Å². The molecule has 0 aliphatic carbocycles. The second-order valence-corrected chi connectivity index (χ2v) is 6.53. The van der Waals surface area contributed by atoms with Crippen LogP contribution >= 0.6 is 0 Å². The number of para-hydroxylation sites is 1. The molecule has 0 unspecified atom stereocenters. The van der Waals surface area contributed by atoms with E-state index >= 15 is 0 Å². The maximum Gasteiger partial charge on any atom is 0.340 e. The number of nitrogens with one attached hydrogen (secondary N) is 1. The maximum absolute atomic E-state index is 12.5. The van der Waals surface area contributed by atoms with Crippen molar-refractivity contribution in [1.82, 2.24) is 4.98 Å². The molecule has 0 aliphatic heterocycles. The third-order valence-corrected chi connectivity index (χ3v) is 4.40. The van der Waals surface area contributed by atoms with E-state index in [9.17, 15) is 9.59 Å². The predicted molar refractivity (Wildman–Crippen MR) is 117 cm³/mol. The summed E-state index contributed by atoms with van der Waals surface area (Å²) in [6.45, 7) is 2.01. The highest BCUT2D eigenvalue weighted by atomic mass is 16.5. The van der Waals surface area contributed by atoms with Gasteiger partial charge in [-0.15, -0.1) is 0 Å². The first-order valence-electron chi connectivity index (χ1n) is 9.30. The summed E-state index contributed by atoms with van der Waals surface area (Å²) in [4.78, 5) is 29.4.